The number of rotatable bonds is 1. The van der Waals surface area contributed by atoms with Gasteiger partial charge in [0.2, 0.25) is 0 Å². The van der Waals surface area contributed by atoms with E-state index in [1.165, 1.54) is 0 Å². The van der Waals surface area contributed by atoms with Gasteiger partial charge < -0.3 is 10.5 Å². The van der Waals surface area contributed by atoms with Gasteiger partial charge in [-0.2, -0.15) is 0 Å². The largest absolute Gasteiger partial charge is 0.495 e. The Balaban J connectivity index is 3.06. The lowest BCUT2D eigenvalue weighted by Gasteiger charge is -2.02. The van der Waals surface area contributed by atoms with Crippen LogP contribution in [0.3, 0.4) is 0 Å². The van der Waals surface area contributed by atoms with Crippen molar-refractivity contribution in [2.45, 2.75) is 0 Å². The molecule has 0 atom stereocenters. The van der Waals surface area contributed by atoms with Crippen LogP contribution in [-0.4, -0.2) is 13.7 Å². The van der Waals surface area contributed by atoms with E-state index in [2.05, 4.69) is 27.8 Å². The Morgan fingerprint density at radius 2 is 2.31 bits per heavy atom. The Kier molecular flexibility index (Phi) is 3.81. The van der Waals surface area contributed by atoms with Gasteiger partial charge in [-0.25, -0.2) is 0 Å². The number of ether oxygens (including phenoxy) is 1. The van der Waals surface area contributed by atoms with E-state index in [1.54, 1.807) is 7.11 Å². The van der Waals surface area contributed by atoms with E-state index in [0.29, 0.717) is 6.54 Å². The van der Waals surface area contributed by atoms with E-state index in [1.807, 2.05) is 18.2 Å². The first-order valence-electron chi connectivity index (χ1n) is 3.80. The first-order valence-corrected chi connectivity index (χ1v) is 4.59. The van der Waals surface area contributed by atoms with Gasteiger partial charge in [-0.3, -0.25) is 0 Å². The summed E-state index contributed by atoms with van der Waals surface area (Å²) in [5, 5.41) is 0. The third-order valence-electron chi connectivity index (χ3n) is 1.49. The quantitative estimate of drug-likeness (QED) is 0.759. The highest BCUT2D eigenvalue weighted by Crippen LogP contribution is 2.22. The van der Waals surface area contributed by atoms with Crippen LogP contribution in [0.1, 0.15) is 5.56 Å². The first-order chi connectivity index (χ1) is 6.27. The van der Waals surface area contributed by atoms with Crippen molar-refractivity contribution in [3.63, 3.8) is 0 Å². The fourth-order valence-corrected chi connectivity index (χ4v) is 1.25. The van der Waals surface area contributed by atoms with Gasteiger partial charge in [0.1, 0.15) is 5.75 Å². The van der Waals surface area contributed by atoms with Crippen molar-refractivity contribution < 1.29 is 4.74 Å². The van der Waals surface area contributed by atoms with Crippen molar-refractivity contribution in [1.82, 2.24) is 0 Å². The molecule has 1 aromatic carbocycles. The molecular formula is C10H10BrNO. The predicted octanol–water partition coefficient (Wildman–Crippen LogP) is 1.77. The standard InChI is InChI=1S/C10H10BrNO/c1-13-10-7-9(11)5-4-8(10)3-2-6-12/h4-5,7H,6,12H2,1H3. The molecule has 0 fully saturated rings. The summed E-state index contributed by atoms with van der Waals surface area (Å²) in [6.07, 6.45) is 0. The van der Waals surface area contributed by atoms with Crippen LogP contribution in [0.2, 0.25) is 0 Å². The number of nitrogens with two attached hydrogens (primary N) is 1. The molecule has 0 radical (unpaired) electrons. The predicted molar refractivity (Wildman–Crippen MR) is 56.6 cm³/mol. The van der Waals surface area contributed by atoms with Gasteiger partial charge in [-0.05, 0) is 18.2 Å². The average Bonchev–Trinajstić information content (AvgIpc) is 2.16. The molecule has 13 heavy (non-hydrogen) atoms. The molecular weight excluding hydrogens is 230 g/mol. The zero-order valence-electron chi connectivity index (χ0n) is 7.30. The SMILES string of the molecule is COc1cc(Br)ccc1C#CCN. The topological polar surface area (TPSA) is 35.2 Å². The van der Waals surface area contributed by atoms with Gasteiger partial charge in [-0.15, -0.1) is 0 Å². The number of benzene rings is 1. The van der Waals surface area contributed by atoms with Crippen molar-refractivity contribution in [1.29, 1.82) is 0 Å². The highest BCUT2D eigenvalue weighted by molar-refractivity contribution is 9.10. The molecule has 1 rings (SSSR count). The second-order valence-electron chi connectivity index (χ2n) is 2.35. The summed E-state index contributed by atoms with van der Waals surface area (Å²) >= 11 is 3.35. The summed E-state index contributed by atoms with van der Waals surface area (Å²) in [5.41, 5.74) is 6.13. The maximum atomic E-state index is 5.27. The smallest absolute Gasteiger partial charge is 0.135 e. The molecule has 2 nitrogen and oxygen atoms in total. The van der Waals surface area contributed by atoms with Crippen LogP contribution in [0.5, 0.6) is 5.75 Å². The third-order valence-corrected chi connectivity index (χ3v) is 1.98. The fourth-order valence-electron chi connectivity index (χ4n) is 0.915. The van der Waals surface area contributed by atoms with Gasteiger partial charge in [-0.1, -0.05) is 27.8 Å². The van der Waals surface area contributed by atoms with Crippen LogP contribution < -0.4 is 10.5 Å². The van der Waals surface area contributed by atoms with E-state index in [0.717, 1.165) is 15.8 Å². The molecule has 0 saturated carbocycles. The Labute approximate surface area is 86.2 Å². The molecule has 0 saturated heterocycles. The third kappa shape index (κ3) is 2.76. The summed E-state index contributed by atoms with van der Waals surface area (Å²) < 4.78 is 6.12. The van der Waals surface area contributed by atoms with Crippen molar-refractivity contribution in [2.75, 3.05) is 13.7 Å². The maximum absolute atomic E-state index is 5.27. The lowest BCUT2D eigenvalue weighted by Crippen LogP contribution is -1.94. The zero-order chi connectivity index (χ0) is 9.68. The van der Waals surface area contributed by atoms with Crippen LogP contribution in [0, 0.1) is 11.8 Å². The van der Waals surface area contributed by atoms with Crippen molar-refractivity contribution in [2.24, 2.45) is 5.73 Å². The van der Waals surface area contributed by atoms with E-state index in [9.17, 15) is 0 Å². The molecule has 0 aliphatic carbocycles. The molecule has 2 N–H and O–H groups in total. The molecule has 3 heteroatoms. The minimum atomic E-state index is 0.360. The van der Waals surface area contributed by atoms with Crippen molar-refractivity contribution in [3.05, 3.63) is 28.2 Å². The Bertz CT molecular complexity index is 352. The maximum Gasteiger partial charge on any atom is 0.135 e. The first kappa shape index (κ1) is 10.1. The molecule has 0 spiro atoms. The second kappa shape index (κ2) is 4.90. The van der Waals surface area contributed by atoms with Crippen molar-refractivity contribution >= 4 is 15.9 Å². The zero-order valence-corrected chi connectivity index (χ0v) is 8.89. The minimum Gasteiger partial charge on any atom is -0.495 e. The van der Waals surface area contributed by atoms with Crippen LogP contribution in [-0.2, 0) is 0 Å². The summed E-state index contributed by atoms with van der Waals surface area (Å²) in [7, 11) is 1.62. The molecule has 1 aromatic rings. The summed E-state index contributed by atoms with van der Waals surface area (Å²) in [6.45, 7) is 0.360. The normalized spacial score (nSPS) is 8.85. The minimum absolute atomic E-state index is 0.360. The van der Waals surface area contributed by atoms with Gasteiger partial charge in [0.05, 0.1) is 19.2 Å². The average molecular weight is 240 g/mol. The van der Waals surface area contributed by atoms with E-state index in [-0.39, 0.29) is 0 Å². The summed E-state index contributed by atoms with van der Waals surface area (Å²) in [4.78, 5) is 0. The van der Waals surface area contributed by atoms with E-state index < -0.39 is 0 Å². The van der Waals surface area contributed by atoms with Gasteiger partial charge >= 0.3 is 0 Å². The molecule has 0 aromatic heterocycles. The Morgan fingerprint density at radius 3 is 2.92 bits per heavy atom. The van der Waals surface area contributed by atoms with Crippen LogP contribution in [0.15, 0.2) is 22.7 Å². The van der Waals surface area contributed by atoms with E-state index in [4.69, 9.17) is 10.5 Å². The number of hydrogen-bond donors (Lipinski definition) is 1. The fraction of sp³-hybridized carbons (Fsp3) is 0.200. The number of methoxy groups -OCH3 is 1. The summed E-state index contributed by atoms with van der Waals surface area (Å²) in [5.74, 6) is 6.47. The summed E-state index contributed by atoms with van der Waals surface area (Å²) in [6, 6.07) is 5.69. The molecule has 0 unspecified atom stereocenters. The monoisotopic (exact) mass is 239 g/mol. The number of hydrogen-bond acceptors (Lipinski definition) is 2. The van der Waals surface area contributed by atoms with Crippen LogP contribution in [0.25, 0.3) is 0 Å². The lowest BCUT2D eigenvalue weighted by atomic mass is 10.2. The van der Waals surface area contributed by atoms with Crippen LogP contribution in [0.4, 0.5) is 0 Å². The highest BCUT2D eigenvalue weighted by Gasteiger charge is 1.99. The molecule has 0 aliphatic rings. The van der Waals surface area contributed by atoms with E-state index >= 15 is 0 Å². The lowest BCUT2D eigenvalue weighted by molar-refractivity contribution is 0.413. The van der Waals surface area contributed by atoms with Gasteiger partial charge in [0.15, 0.2) is 0 Å². The van der Waals surface area contributed by atoms with Crippen molar-refractivity contribution in [3.8, 4) is 17.6 Å². The molecule has 68 valence electrons. The molecule has 0 bridgehead atoms. The molecule has 0 heterocycles. The van der Waals surface area contributed by atoms with Gasteiger partial charge in [0, 0.05) is 4.47 Å². The van der Waals surface area contributed by atoms with Gasteiger partial charge in [0.25, 0.3) is 0 Å². The number of halogens is 1. The Morgan fingerprint density at radius 1 is 1.54 bits per heavy atom. The molecule has 0 amide bonds. The highest BCUT2D eigenvalue weighted by atomic mass is 79.9. The second-order valence-corrected chi connectivity index (χ2v) is 3.27. The molecule has 0 aliphatic heterocycles. The van der Waals surface area contributed by atoms with Crippen LogP contribution >= 0.6 is 15.9 Å². The Hall–Kier alpha value is -0.980.